The summed E-state index contributed by atoms with van der Waals surface area (Å²) in [6.07, 6.45) is 3.21. The van der Waals surface area contributed by atoms with Gasteiger partial charge in [0.25, 0.3) is 5.56 Å². The van der Waals surface area contributed by atoms with E-state index < -0.39 is 0 Å². The van der Waals surface area contributed by atoms with Crippen LogP contribution in [0.5, 0.6) is 0 Å². The van der Waals surface area contributed by atoms with Gasteiger partial charge in [-0.1, -0.05) is 0 Å². The van der Waals surface area contributed by atoms with E-state index in [0.717, 1.165) is 0 Å². The lowest BCUT2D eigenvalue weighted by molar-refractivity contribution is 0.579. The van der Waals surface area contributed by atoms with Gasteiger partial charge in [-0.3, -0.25) is 9.59 Å². The second-order valence-electron chi connectivity index (χ2n) is 6.72. The van der Waals surface area contributed by atoms with E-state index in [0.29, 0.717) is 28.2 Å². The molecule has 0 bridgehead atoms. The molecule has 140 valence electrons. The number of aromatic amines is 1. The molecule has 3 heterocycles. The minimum atomic E-state index is -0.360. The fraction of sp³-hybridized carbons (Fsp3) is 0.143. The Morgan fingerprint density at radius 1 is 0.929 bits per heavy atom. The Morgan fingerprint density at radius 2 is 1.61 bits per heavy atom. The third kappa shape index (κ3) is 3.11. The van der Waals surface area contributed by atoms with Crippen LogP contribution in [0.1, 0.15) is 19.9 Å². The zero-order chi connectivity index (χ0) is 19.8. The van der Waals surface area contributed by atoms with Crippen LogP contribution in [-0.2, 0) is 0 Å². The highest BCUT2D eigenvalue weighted by Crippen LogP contribution is 2.30. The number of nitrogens with zero attached hydrogens (tertiary/aromatic N) is 3. The Hall–Kier alpha value is -3.61. The van der Waals surface area contributed by atoms with Crippen molar-refractivity contribution in [1.29, 1.82) is 0 Å². The number of pyridine rings is 2. The van der Waals surface area contributed by atoms with Crippen LogP contribution >= 0.6 is 0 Å². The van der Waals surface area contributed by atoms with Gasteiger partial charge in [-0.25, -0.2) is 14.4 Å². The SMILES string of the molecule is CC(C)n1cc(-c2nc3c(=O)cc[nH]c3nc2-c2ccc(F)cc2)ccc1=O. The predicted octanol–water partition coefficient (Wildman–Crippen LogP) is 3.53. The smallest absolute Gasteiger partial charge is 0.250 e. The molecule has 0 saturated heterocycles. The third-order valence-electron chi connectivity index (χ3n) is 4.47. The van der Waals surface area contributed by atoms with E-state index in [1.54, 1.807) is 29.0 Å². The molecule has 6 nitrogen and oxygen atoms in total. The van der Waals surface area contributed by atoms with Gasteiger partial charge in [-0.05, 0) is 44.2 Å². The van der Waals surface area contributed by atoms with Gasteiger partial charge in [-0.15, -0.1) is 0 Å². The summed E-state index contributed by atoms with van der Waals surface area (Å²) in [5.74, 6) is -0.360. The lowest BCUT2D eigenvalue weighted by atomic mass is 10.0. The summed E-state index contributed by atoms with van der Waals surface area (Å²) in [4.78, 5) is 36.5. The fourth-order valence-corrected chi connectivity index (χ4v) is 3.04. The lowest BCUT2D eigenvalue weighted by Crippen LogP contribution is -2.20. The molecule has 0 saturated carbocycles. The standard InChI is InChI=1S/C21H17FN4O2/c1-12(2)26-11-14(5-8-17(26)28)19-18(13-3-6-15(22)7-4-13)25-21-20(24-19)16(27)9-10-23-21/h3-12H,1-2H3,(H,23,25,27). The zero-order valence-electron chi connectivity index (χ0n) is 15.3. The molecule has 1 aromatic carbocycles. The molecule has 3 aromatic heterocycles. The van der Waals surface area contributed by atoms with Crippen LogP contribution in [0.4, 0.5) is 4.39 Å². The van der Waals surface area contributed by atoms with E-state index in [1.807, 2.05) is 13.8 Å². The molecular weight excluding hydrogens is 359 g/mol. The van der Waals surface area contributed by atoms with Gasteiger partial charge in [0.15, 0.2) is 11.2 Å². The molecular formula is C21H17FN4O2. The van der Waals surface area contributed by atoms with Crippen LogP contribution < -0.4 is 11.0 Å². The number of hydrogen-bond donors (Lipinski definition) is 1. The molecule has 0 radical (unpaired) electrons. The van der Waals surface area contributed by atoms with E-state index in [4.69, 9.17) is 0 Å². The minimum Gasteiger partial charge on any atom is -0.345 e. The molecule has 0 aliphatic carbocycles. The Bertz CT molecular complexity index is 1290. The van der Waals surface area contributed by atoms with Crippen LogP contribution in [0.2, 0.25) is 0 Å². The first-order valence-corrected chi connectivity index (χ1v) is 8.82. The number of halogens is 1. The number of fused-ring (bicyclic) bond motifs is 1. The molecule has 1 N–H and O–H groups in total. The van der Waals surface area contributed by atoms with Crippen molar-refractivity contribution < 1.29 is 4.39 Å². The summed E-state index contributed by atoms with van der Waals surface area (Å²) < 4.78 is 15.0. The molecule has 0 fully saturated rings. The number of benzene rings is 1. The molecule has 0 aliphatic heterocycles. The maximum absolute atomic E-state index is 13.4. The molecule has 4 rings (SSSR count). The van der Waals surface area contributed by atoms with Gasteiger partial charge in [0.2, 0.25) is 5.43 Å². The summed E-state index contributed by atoms with van der Waals surface area (Å²) >= 11 is 0. The second-order valence-corrected chi connectivity index (χ2v) is 6.72. The summed E-state index contributed by atoms with van der Waals surface area (Å²) in [6, 6.07) is 10.3. The van der Waals surface area contributed by atoms with Crippen molar-refractivity contribution in [2.24, 2.45) is 0 Å². The van der Waals surface area contributed by atoms with Crippen molar-refractivity contribution >= 4 is 11.2 Å². The van der Waals surface area contributed by atoms with Gasteiger partial charge in [-0.2, -0.15) is 0 Å². The Labute approximate surface area is 159 Å². The van der Waals surface area contributed by atoms with E-state index in [2.05, 4.69) is 15.0 Å². The number of hydrogen-bond acceptors (Lipinski definition) is 4. The molecule has 28 heavy (non-hydrogen) atoms. The summed E-state index contributed by atoms with van der Waals surface area (Å²) in [7, 11) is 0. The van der Waals surface area contributed by atoms with Crippen LogP contribution in [0, 0.1) is 5.82 Å². The predicted molar refractivity (Wildman–Crippen MR) is 106 cm³/mol. The van der Waals surface area contributed by atoms with E-state index >= 15 is 0 Å². The van der Waals surface area contributed by atoms with Crippen LogP contribution in [-0.4, -0.2) is 19.5 Å². The third-order valence-corrected chi connectivity index (χ3v) is 4.47. The quantitative estimate of drug-likeness (QED) is 0.593. The largest absolute Gasteiger partial charge is 0.345 e. The normalized spacial score (nSPS) is 11.3. The highest BCUT2D eigenvalue weighted by atomic mass is 19.1. The highest BCUT2D eigenvalue weighted by molar-refractivity contribution is 5.84. The van der Waals surface area contributed by atoms with Crippen molar-refractivity contribution in [3.8, 4) is 22.5 Å². The molecule has 0 amide bonds. The molecule has 0 atom stereocenters. The van der Waals surface area contributed by atoms with Crippen LogP contribution in [0.25, 0.3) is 33.7 Å². The van der Waals surface area contributed by atoms with Gasteiger partial charge < -0.3 is 9.55 Å². The number of H-pyrrole nitrogens is 1. The topological polar surface area (TPSA) is 80.6 Å². The van der Waals surface area contributed by atoms with Crippen molar-refractivity contribution in [3.05, 3.63) is 81.3 Å². The first-order valence-electron chi connectivity index (χ1n) is 8.82. The van der Waals surface area contributed by atoms with Gasteiger partial charge in [0.05, 0.1) is 11.4 Å². The highest BCUT2D eigenvalue weighted by Gasteiger charge is 2.16. The number of nitrogens with one attached hydrogen (secondary N) is 1. The molecule has 0 aliphatic rings. The average Bonchev–Trinajstić information content (AvgIpc) is 2.68. The Morgan fingerprint density at radius 3 is 2.32 bits per heavy atom. The maximum atomic E-state index is 13.4. The van der Waals surface area contributed by atoms with Crippen molar-refractivity contribution in [2.75, 3.05) is 0 Å². The average molecular weight is 376 g/mol. The van der Waals surface area contributed by atoms with E-state index in [-0.39, 0.29) is 28.4 Å². The molecule has 4 aromatic rings. The first-order chi connectivity index (χ1) is 13.4. The lowest BCUT2D eigenvalue weighted by Gasteiger charge is -2.14. The van der Waals surface area contributed by atoms with Gasteiger partial charge in [0.1, 0.15) is 5.82 Å². The molecule has 0 unspecified atom stereocenters. The Kier molecular flexibility index (Phi) is 4.35. The fourth-order valence-electron chi connectivity index (χ4n) is 3.04. The van der Waals surface area contributed by atoms with Gasteiger partial charge in [0, 0.05) is 41.7 Å². The summed E-state index contributed by atoms with van der Waals surface area (Å²) in [6.45, 7) is 3.81. The summed E-state index contributed by atoms with van der Waals surface area (Å²) in [5.41, 5.74) is 2.38. The first kappa shape index (κ1) is 17.8. The number of aromatic nitrogens is 4. The monoisotopic (exact) mass is 376 g/mol. The second kappa shape index (κ2) is 6.84. The zero-order valence-corrected chi connectivity index (χ0v) is 15.3. The van der Waals surface area contributed by atoms with E-state index in [9.17, 15) is 14.0 Å². The summed E-state index contributed by atoms with van der Waals surface area (Å²) in [5, 5.41) is 0. The molecule has 0 spiro atoms. The Balaban J connectivity index is 2.06. The van der Waals surface area contributed by atoms with Crippen molar-refractivity contribution in [3.63, 3.8) is 0 Å². The van der Waals surface area contributed by atoms with Gasteiger partial charge >= 0.3 is 0 Å². The number of rotatable bonds is 3. The van der Waals surface area contributed by atoms with Crippen LogP contribution in [0.3, 0.4) is 0 Å². The maximum Gasteiger partial charge on any atom is 0.250 e. The van der Waals surface area contributed by atoms with E-state index in [1.165, 1.54) is 30.5 Å². The van der Waals surface area contributed by atoms with Crippen molar-refractivity contribution in [2.45, 2.75) is 19.9 Å². The molecule has 7 heteroatoms. The van der Waals surface area contributed by atoms with Crippen LogP contribution in [0.15, 0.2) is 64.4 Å². The minimum absolute atomic E-state index is 0.0430. The van der Waals surface area contributed by atoms with Crippen molar-refractivity contribution in [1.82, 2.24) is 19.5 Å².